The molecular weight excluding hydrogens is 441 g/mol. The quantitative estimate of drug-likeness (QED) is 0.643. The highest BCUT2D eigenvalue weighted by Crippen LogP contribution is 2.21. The number of amides is 1. The number of piperazine rings is 1. The molecule has 1 aliphatic rings. The molecule has 0 bridgehead atoms. The minimum Gasteiger partial charge on any atom is -0.484 e. The van der Waals surface area contributed by atoms with Gasteiger partial charge in [0.2, 0.25) is 0 Å². The first-order valence-corrected chi connectivity index (χ1v) is 9.60. The Morgan fingerprint density at radius 2 is 1.73 bits per heavy atom. The average molecular weight is 461 g/mol. The topological polar surface area (TPSA) is 56.6 Å². The standard InChI is InChI=1S/C20H20IN3O2/c21-17-6-8-18(9-7-17)26-15-20(25)24-12-10-23(11-13-24)19(14-22)16-4-2-1-3-5-16/h1-9,19H,10-13,15H2. The summed E-state index contributed by atoms with van der Waals surface area (Å²) in [7, 11) is 0. The van der Waals surface area contributed by atoms with Crippen molar-refractivity contribution in [2.45, 2.75) is 6.04 Å². The lowest BCUT2D eigenvalue weighted by atomic mass is 10.1. The molecule has 2 aromatic rings. The van der Waals surface area contributed by atoms with Crippen molar-refractivity contribution in [3.05, 3.63) is 63.7 Å². The molecule has 1 heterocycles. The van der Waals surface area contributed by atoms with Crippen LogP contribution in [0, 0.1) is 14.9 Å². The van der Waals surface area contributed by atoms with Crippen molar-refractivity contribution in [2.24, 2.45) is 0 Å². The number of nitriles is 1. The van der Waals surface area contributed by atoms with Gasteiger partial charge in [0, 0.05) is 29.7 Å². The summed E-state index contributed by atoms with van der Waals surface area (Å²) in [6.45, 7) is 2.63. The van der Waals surface area contributed by atoms with E-state index < -0.39 is 0 Å². The second-order valence-corrected chi connectivity index (χ2v) is 7.35. The number of carbonyl (C=O) groups is 1. The van der Waals surface area contributed by atoms with Crippen molar-refractivity contribution in [1.29, 1.82) is 5.26 Å². The van der Waals surface area contributed by atoms with Gasteiger partial charge in [-0.05, 0) is 52.4 Å². The van der Waals surface area contributed by atoms with Gasteiger partial charge < -0.3 is 9.64 Å². The number of ether oxygens (including phenoxy) is 1. The van der Waals surface area contributed by atoms with Gasteiger partial charge in [-0.1, -0.05) is 30.3 Å². The molecule has 0 saturated carbocycles. The molecule has 0 aliphatic carbocycles. The van der Waals surface area contributed by atoms with Crippen LogP contribution in [0.5, 0.6) is 5.75 Å². The van der Waals surface area contributed by atoms with Gasteiger partial charge in [0.05, 0.1) is 6.07 Å². The number of hydrogen-bond donors (Lipinski definition) is 0. The highest BCUT2D eigenvalue weighted by molar-refractivity contribution is 14.1. The molecule has 1 atom stereocenters. The minimum atomic E-state index is -0.267. The van der Waals surface area contributed by atoms with Gasteiger partial charge >= 0.3 is 0 Å². The fourth-order valence-electron chi connectivity index (χ4n) is 3.00. The lowest BCUT2D eigenvalue weighted by molar-refractivity contribution is -0.135. The van der Waals surface area contributed by atoms with Crippen LogP contribution in [0.1, 0.15) is 11.6 Å². The van der Waals surface area contributed by atoms with E-state index in [0.29, 0.717) is 31.9 Å². The first-order valence-electron chi connectivity index (χ1n) is 8.52. The maximum absolute atomic E-state index is 12.4. The molecule has 1 fully saturated rings. The van der Waals surface area contributed by atoms with E-state index in [1.165, 1.54) is 0 Å². The fraction of sp³-hybridized carbons (Fsp3) is 0.300. The SMILES string of the molecule is N#CC(c1ccccc1)N1CCN(C(=O)COc2ccc(I)cc2)CC1. The predicted octanol–water partition coefficient (Wildman–Crippen LogP) is 3.08. The van der Waals surface area contributed by atoms with Gasteiger partial charge in [-0.3, -0.25) is 9.69 Å². The third-order valence-corrected chi connectivity index (χ3v) is 5.16. The maximum atomic E-state index is 12.4. The van der Waals surface area contributed by atoms with Crippen LogP contribution in [0.2, 0.25) is 0 Å². The van der Waals surface area contributed by atoms with Crippen LogP contribution in [-0.4, -0.2) is 48.5 Å². The summed E-state index contributed by atoms with van der Waals surface area (Å²) in [6.07, 6.45) is 0. The summed E-state index contributed by atoms with van der Waals surface area (Å²) in [4.78, 5) is 16.3. The largest absolute Gasteiger partial charge is 0.484 e. The van der Waals surface area contributed by atoms with Gasteiger partial charge in [-0.2, -0.15) is 5.26 Å². The first kappa shape index (κ1) is 18.7. The van der Waals surface area contributed by atoms with E-state index in [2.05, 4.69) is 33.6 Å². The summed E-state index contributed by atoms with van der Waals surface area (Å²) >= 11 is 2.23. The smallest absolute Gasteiger partial charge is 0.260 e. The maximum Gasteiger partial charge on any atom is 0.260 e. The Balaban J connectivity index is 1.50. The third kappa shape index (κ3) is 4.74. The number of hydrogen-bond acceptors (Lipinski definition) is 4. The number of nitrogens with zero attached hydrogens (tertiary/aromatic N) is 3. The first-order chi connectivity index (χ1) is 12.7. The van der Waals surface area contributed by atoms with Crippen molar-refractivity contribution >= 4 is 28.5 Å². The lowest BCUT2D eigenvalue weighted by Gasteiger charge is -2.37. The number of benzene rings is 2. The van der Waals surface area contributed by atoms with Crippen molar-refractivity contribution in [2.75, 3.05) is 32.8 Å². The molecule has 0 spiro atoms. The van der Waals surface area contributed by atoms with Crippen molar-refractivity contribution in [3.63, 3.8) is 0 Å². The zero-order valence-electron chi connectivity index (χ0n) is 14.3. The van der Waals surface area contributed by atoms with E-state index in [-0.39, 0.29) is 18.6 Å². The molecule has 0 N–H and O–H groups in total. The molecule has 1 amide bonds. The highest BCUT2D eigenvalue weighted by Gasteiger charge is 2.27. The Bertz CT molecular complexity index is 766. The van der Waals surface area contributed by atoms with Gasteiger partial charge in [0.25, 0.3) is 5.91 Å². The molecule has 1 saturated heterocycles. The molecule has 0 radical (unpaired) electrons. The zero-order chi connectivity index (χ0) is 18.4. The van der Waals surface area contributed by atoms with Crippen molar-refractivity contribution in [1.82, 2.24) is 9.80 Å². The zero-order valence-corrected chi connectivity index (χ0v) is 16.5. The van der Waals surface area contributed by atoms with Crippen molar-refractivity contribution in [3.8, 4) is 11.8 Å². The van der Waals surface area contributed by atoms with Crippen LogP contribution in [0.3, 0.4) is 0 Å². The summed E-state index contributed by atoms with van der Waals surface area (Å²) in [5, 5.41) is 9.54. The second-order valence-electron chi connectivity index (χ2n) is 6.10. The lowest BCUT2D eigenvalue weighted by Crippen LogP contribution is -2.50. The van der Waals surface area contributed by atoms with E-state index in [9.17, 15) is 10.1 Å². The normalized spacial score (nSPS) is 15.9. The molecular formula is C20H20IN3O2. The van der Waals surface area contributed by atoms with E-state index in [1.54, 1.807) is 0 Å². The third-order valence-electron chi connectivity index (χ3n) is 4.45. The average Bonchev–Trinajstić information content (AvgIpc) is 2.69. The van der Waals surface area contributed by atoms with E-state index in [1.807, 2.05) is 59.5 Å². The summed E-state index contributed by atoms with van der Waals surface area (Å²) in [6, 6.07) is 19.5. The van der Waals surface area contributed by atoms with Crippen LogP contribution in [-0.2, 0) is 4.79 Å². The molecule has 26 heavy (non-hydrogen) atoms. The van der Waals surface area contributed by atoms with E-state index in [0.717, 1.165) is 9.13 Å². The minimum absolute atomic E-state index is 0.0172. The van der Waals surface area contributed by atoms with Gasteiger partial charge in [-0.15, -0.1) is 0 Å². The molecule has 3 rings (SSSR count). The molecule has 2 aromatic carbocycles. The number of rotatable bonds is 5. The van der Waals surface area contributed by atoms with E-state index >= 15 is 0 Å². The van der Waals surface area contributed by atoms with Gasteiger partial charge in [-0.25, -0.2) is 0 Å². The van der Waals surface area contributed by atoms with Gasteiger partial charge in [0.1, 0.15) is 11.8 Å². The van der Waals surface area contributed by atoms with E-state index in [4.69, 9.17) is 4.74 Å². The summed E-state index contributed by atoms with van der Waals surface area (Å²) < 4.78 is 6.71. The monoisotopic (exact) mass is 461 g/mol. The summed E-state index contributed by atoms with van der Waals surface area (Å²) in [5.74, 6) is 0.683. The van der Waals surface area contributed by atoms with Crippen LogP contribution in [0.15, 0.2) is 54.6 Å². The van der Waals surface area contributed by atoms with Crippen LogP contribution < -0.4 is 4.74 Å². The molecule has 0 aromatic heterocycles. The van der Waals surface area contributed by atoms with Gasteiger partial charge in [0.15, 0.2) is 6.61 Å². The fourth-order valence-corrected chi connectivity index (χ4v) is 3.36. The Morgan fingerprint density at radius 1 is 1.08 bits per heavy atom. The second kappa shape index (κ2) is 9.01. The van der Waals surface area contributed by atoms with Crippen LogP contribution in [0.4, 0.5) is 0 Å². The number of halogens is 1. The molecule has 5 nitrogen and oxygen atoms in total. The Hall–Kier alpha value is -2.11. The molecule has 134 valence electrons. The highest BCUT2D eigenvalue weighted by atomic mass is 127. The number of carbonyl (C=O) groups excluding carboxylic acids is 1. The Labute approximate surface area is 167 Å². The molecule has 1 aliphatic heterocycles. The predicted molar refractivity (Wildman–Crippen MR) is 108 cm³/mol. The Kier molecular flexibility index (Phi) is 6.47. The Morgan fingerprint density at radius 3 is 2.35 bits per heavy atom. The molecule has 6 heteroatoms. The van der Waals surface area contributed by atoms with Crippen LogP contribution >= 0.6 is 22.6 Å². The summed E-state index contributed by atoms with van der Waals surface area (Å²) in [5.41, 5.74) is 0.997. The van der Waals surface area contributed by atoms with Crippen molar-refractivity contribution < 1.29 is 9.53 Å². The van der Waals surface area contributed by atoms with Crippen LogP contribution in [0.25, 0.3) is 0 Å². The molecule has 1 unspecified atom stereocenters.